The highest BCUT2D eigenvalue weighted by atomic mass is 32.2. The molecule has 2 atom stereocenters. The number of ketones is 1. The number of para-hydroxylation sites is 1. The standard InChI is InChI=1S/C19H25NO3S/c1-4-12-20(16-8-6-5-7-9-16)24(22,23)14-19-11-10-15(13-17(19)21)18(19,2)3/h4-9,15H,1,10-14H2,2-3H3/t15-,19-/m0/s1. The predicted molar refractivity (Wildman–Crippen MR) is 96.3 cm³/mol. The van der Waals surface area contributed by atoms with E-state index >= 15 is 0 Å². The number of Topliss-reactive ketones (excluding diaryl/α,β-unsaturated/α-hetero) is 1. The number of fused-ring (bicyclic) bond motifs is 2. The molecule has 0 unspecified atom stereocenters. The van der Waals surface area contributed by atoms with Gasteiger partial charge in [-0.25, -0.2) is 8.42 Å². The van der Waals surface area contributed by atoms with Gasteiger partial charge in [-0.15, -0.1) is 6.58 Å². The van der Waals surface area contributed by atoms with Crippen LogP contribution in [0.3, 0.4) is 0 Å². The molecule has 1 aromatic rings. The number of carbonyl (C=O) groups is 1. The van der Waals surface area contributed by atoms with Crippen LogP contribution in [0.5, 0.6) is 0 Å². The topological polar surface area (TPSA) is 54.5 Å². The van der Waals surface area contributed by atoms with Crippen molar-refractivity contribution in [1.29, 1.82) is 0 Å². The third-order valence-electron chi connectivity index (χ3n) is 6.24. The van der Waals surface area contributed by atoms with Gasteiger partial charge in [-0.3, -0.25) is 9.10 Å². The Morgan fingerprint density at radius 3 is 2.46 bits per heavy atom. The van der Waals surface area contributed by atoms with Crippen molar-refractivity contribution in [3.05, 3.63) is 43.0 Å². The molecular weight excluding hydrogens is 322 g/mol. The van der Waals surface area contributed by atoms with Crippen molar-refractivity contribution in [2.24, 2.45) is 16.7 Å². The summed E-state index contributed by atoms with van der Waals surface area (Å²) >= 11 is 0. The van der Waals surface area contributed by atoms with E-state index in [4.69, 9.17) is 0 Å². The van der Waals surface area contributed by atoms with Crippen molar-refractivity contribution < 1.29 is 13.2 Å². The summed E-state index contributed by atoms with van der Waals surface area (Å²) in [6, 6.07) is 9.03. The number of hydrogen-bond acceptors (Lipinski definition) is 3. The number of rotatable bonds is 6. The van der Waals surface area contributed by atoms with Gasteiger partial charge in [-0.05, 0) is 36.3 Å². The van der Waals surface area contributed by atoms with Crippen LogP contribution in [0.4, 0.5) is 5.69 Å². The van der Waals surface area contributed by atoms with Crippen LogP contribution in [-0.2, 0) is 14.8 Å². The van der Waals surface area contributed by atoms with Gasteiger partial charge in [-0.2, -0.15) is 0 Å². The first-order valence-electron chi connectivity index (χ1n) is 8.44. The minimum Gasteiger partial charge on any atom is -0.299 e. The maximum atomic E-state index is 13.2. The van der Waals surface area contributed by atoms with Gasteiger partial charge in [0.1, 0.15) is 5.78 Å². The molecule has 1 aromatic carbocycles. The Morgan fingerprint density at radius 2 is 1.96 bits per heavy atom. The van der Waals surface area contributed by atoms with E-state index in [2.05, 4.69) is 20.4 Å². The zero-order chi connectivity index (χ0) is 17.6. The molecule has 5 heteroatoms. The fraction of sp³-hybridized carbons (Fsp3) is 0.526. The molecule has 24 heavy (non-hydrogen) atoms. The van der Waals surface area contributed by atoms with E-state index in [1.165, 1.54) is 4.31 Å². The van der Waals surface area contributed by atoms with Crippen molar-refractivity contribution in [3.63, 3.8) is 0 Å². The highest BCUT2D eigenvalue weighted by Crippen LogP contribution is 2.64. The molecule has 0 amide bonds. The third-order valence-corrected chi connectivity index (χ3v) is 8.13. The van der Waals surface area contributed by atoms with Gasteiger partial charge in [-0.1, -0.05) is 38.1 Å². The number of benzene rings is 1. The lowest BCUT2D eigenvalue weighted by Crippen LogP contribution is -2.46. The van der Waals surface area contributed by atoms with E-state index in [1.54, 1.807) is 18.2 Å². The first-order chi connectivity index (χ1) is 11.2. The highest BCUT2D eigenvalue weighted by molar-refractivity contribution is 7.92. The maximum absolute atomic E-state index is 13.2. The molecule has 0 heterocycles. The number of nitrogens with zero attached hydrogens (tertiary/aromatic N) is 1. The molecule has 0 N–H and O–H groups in total. The van der Waals surface area contributed by atoms with Gasteiger partial charge in [0.05, 0.1) is 23.4 Å². The first kappa shape index (κ1) is 17.2. The molecule has 2 aliphatic carbocycles. The smallest absolute Gasteiger partial charge is 0.236 e. The van der Waals surface area contributed by atoms with E-state index in [0.29, 0.717) is 24.4 Å². The average Bonchev–Trinajstić information content (AvgIpc) is 2.87. The molecule has 4 nitrogen and oxygen atoms in total. The second-order valence-electron chi connectivity index (χ2n) is 7.58. The molecule has 0 spiro atoms. The molecule has 2 saturated carbocycles. The minimum absolute atomic E-state index is 0.106. The Hall–Kier alpha value is -1.62. The number of sulfonamides is 1. The summed E-state index contributed by atoms with van der Waals surface area (Å²) in [4.78, 5) is 12.7. The largest absolute Gasteiger partial charge is 0.299 e. The monoisotopic (exact) mass is 347 g/mol. The molecule has 2 bridgehead atoms. The maximum Gasteiger partial charge on any atom is 0.236 e. The van der Waals surface area contributed by atoms with Crippen LogP contribution in [-0.4, -0.2) is 26.5 Å². The zero-order valence-electron chi connectivity index (χ0n) is 14.4. The summed E-state index contributed by atoms with van der Waals surface area (Å²) in [5.74, 6) is 0.328. The Balaban J connectivity index is 1.98. The van der Waals surface area contributed by atoms with Crippen molar-refractivity contribution in [2.45, 2.75) is 33.1 Å². The Morgan fingerprint density at radius 1 is 1.29 bits per heavy atom. The van der Waals surface area contributed by atoms with Gasteiger partial charge >= 0.3 is 0 Å². The second-order valence-corrected chi connectivity index (χ2v) is 9.47. The Labute approximate surface area is 144 Å². The molecule has 3 rings (SSSR count). The van der Waals surface area contributed by atoms with E-state index < -0.39 is 15.4 Å². The molecule has 0 aliphatic heterocycles. The lowest BCUT2D eigenvalue weighted by atomic mass is 9.70. The van der Waals surface area contributed by atoms with Crippen LogP contribution in [0.2, 0.25) is 0 Å². The lowest BCUT2D eigenvalue weighted by Gasteiger charge is -2.38. The molecule has 0 aromatic heterocycles. The van der Waals surface area contributed by atoms with Crippen LogP contribution >= 0.6 is 0 Å². The van der Waals surface area contributed by atoms with Gasteiger partial charge in [0.15, 0.2) is 0 Å². The van der Waals surface area contributed by atoms with Crippen molar-refractivity contribution in [2.75, 3.05) is 16.6 Å². The normalized spacial score (nSPS) is 28.1. The number of anilines is 1. The van der Waals surface area contributed by atoms with E-state index in [0.717, 1.165) is 6.42 Å². The minimum atomic E-state index is -3.63. The zero-order valence-corrected chi connectivity index (χ0v) is 15.2. The SMILES string of the molecule is C=CCN(c1ccccc1)S(=O)(=O)C[C@@]12CC[C@@H](CC1=O)C2(C)C. The van der Waals surface area contributed by atoms with Gasteiger partial charge in [0.25, 0.3) is 0 Å². The summed E-state index contributed by atoms with van der Waals surface area (Å²) < 4.78 is 27.8. The summed E-state index contributed by atoms with van der Waals surface area (Å²) in [5.41, 5.74) is -0.384. The summed E-state index contributed by atoms with van der Waals surface area (Å²) in [6.07, 6.45) is 3.73. The van der Waals surface area contributed by atoms with E-state index in [-0.39, 0.29) is 23.5 Å². The molecule has 2 fully saturated rings. The molecule has 2 aliphatic rings. The molecule has 0 radical (unpaired) electrons. The van der Waals surface area contributed by atoms with Gasteiger partial charge < -0.3 is 0 Å². The van der Waals surface area contributed by atoms with Crippen LogP contribution in [0.15, 0.2) is 43.0 Å². The van der Waals surface area contributed by atoms with Crippen LogP contribution in [0, 0.1) is 16.7 Å². The summed E-state index contributed by atoms with van der Waals surface area (Å²) in [5, 5.41) is 0. The van der Waals surface area contributed by atoms with Crippen LogP contribution in [0.1, 0.15) is 33.1 Å². The molecule has 130 valence electrons. The van der Waals surface area contributed by atoms with Gasteiger partial charge in [0.2, 0.25) is 10.0 Å². The fourth-order valence-corrected chi connectivity index (χ4v) is 6.82. The quantitative estimate of drug-likeness (QED) is 0.741. The number of hydrogen-bond donors (Lipinski definition) is 0. The molecular formula is C19H25NO3S. The van der Waals surface area contributed by atoms with Crippen molar-refractivity contribution in [1.82, 2.24) is 0 Å². The van der Waals surface area contributed by atoms with E-state index in [1.807, 2.05) is 18.2 Å². The van der Waals surface area contributed by atoms with Crippen molar-refractivity contribution >= 4 is 21.5 Å². The predicted octanol–water partition coefficient (Wildman–Crippen LogP) is 3.40. The van der Waals surface area contributed by atoms with Crippen LogP contribution in [0.25, 0.3) is 0 Å². The van der Waals surface area contributed by atoms with Crippen LogP contribution < -0.4 is 4.31 Å². The number of carbonyl (C=O) groups excluding carboxylic acids is 1. The van der Waals surface area contributed by atoms with E-state index in [9.17, 15) is 13.2 Å². The average molecular weight is 347 g/mol. The Bertz CT molecular complexity index is 754. The Kier molecular flexibility index (Phi) is 4.11. The highest BCUT2D eigenvalue weighted by Gasteiger charge is 2.65. The second kappa shape index (κ2) is 5.73. The lowest BCUT2D eigenvalue weighted by molar-refractivity contribution is -0.128. The summed E-state index contributed by atoms with van der Waals surface area (Å²) in [6.45, 7) is 8.02. The summed E-state index contributed by atoms with van der Waals surface area (Å²) in [7, 11) is -3.63. The molecule has 0 saturated heterocycles. The first-order valence-corrected chi connectivity index (χ1v) is 10.1. The fourth-order valence-electron chi connectivity index (χ4n) is 4.59. The third kappa shape index (κ3) is 2.41. The van der Waals surface area contributed by atoms with Gasteiger partial charge in [0, 0.05) is 6.42 Å². The van der Waals surface area contributed by atoms with Crippen molar-refractivity contribution in [3.8, 4) is 0 Å².